The number of nitrogens with zero attached hydrogens (tertiary/aromatic N) is 2. The van der Waals surface area contributed by atoms with Crippen molar-refractivity contribution in [3.8, 4) is 40.2 Å². The molecule has 0 aliphatic heterocycles. The number of phenols is 1. The summed E-state index contributed by atoms with van der Waals surface area (Å²) in [5.74, 6) is -16.2. The molecular weight excluding hydrogens is 1500 g/mol. The van der Waals surface area contributed by atoms with Crippen LogP contribution >= 0.6 is 10.7 Å². The standard InChI is InChI=1S/C12H6ClF3O3S.C12H6F3NO3.C12H8F3NO.C6H2F3NO2.C6H5FO.C2H4O2.C2H6.CH2O3.2Cs.H/c13-20(17,18)9-5-10(15)12(11(16)6-9)19-8-3-1-7(14)2-4-8;13-7-1-3-9(4-2-7)19-12-10(14)5-8(16(17)18)6-11(12)15;13-7-1-3-9(4-2-7)17-12-10(14)5-8(16)6-11(12)15;7-4-1-3(10(11)12)2-5(8)6(4)9;7-5-1-3-6(8)4-2-5;1-2(3)4;1-2;2-1-4-3;;;/h1-6H;1-6H;1-6H,16H2;1-2H;1-4,8H;1H3,(H,3,4);1-2H3;1,3H;;;/q;;;;;;;;2*+1;-1/p-1. The van der Waals surface area contributed by atoms with Crippen molar-refractivity contribution in [3.05, 3.63) is 241 Å². The van der Waals surface area contributed by atoms with E-state index in [1.807, 2.05) is 13.8 Å². The molecule has 0 aliphatic carbocycles. The molecule has 0 spiro atoms. The molecule has 4 N–H and O–H groups in total. The molecule has 0 amide bonds. The van der Waals surface area contributed by atoms with Gasteiger partial charge < -0.3 is 41.7 Å². The normalized spacial score (nSPS) is 9.57. The van der Waals surface area contributed by atoms with E-state index in [1.54, 1.807) is 0 Å². The zero-order chi connectivity index (χ0) is 65.6. The number of carbonyl (C=O) groups is 2. The Morgan fingerprint density at radius 1 is 0.523 bits per heavy atom. The number of nitro benzene ring substituents is 2. The van der Waals surface area contributed by atoms with Crippen LogP contribution in [0.15, 0.2) is 150 Å². The number of non-ortho nitro benzene ring substituents is 2. The summed E-state index contributed by atoms with van der Waals surface area (Å²) in [6.07, 6.45) is 0. The molecular formula is C53H39ClCs2F13N3O15S. The van der Waals surface area contributed by atoms with Crippen LogP contribution in [0.5, 0.6) is 40.2 Å². The van der Waals surface area contributed by atoms with Gasteiger partial charge in [0.2, 0.25) is 0 Å². The van der Waals surface area contributed by atoms with Gasteiger partial charge in [-0.15, -0.1) is 0 Å². The van der Waals surface area contributed by atoms with Gasteiger partial charge in [-0.3, -0.25) is 29.8 Å². The molecule has 8 aromatic rings. The van der Waals surface area contributed by atoms with Crippen molar-refractivity contribution in [1.29, 1.82) is 0 Å². The van der Waals surface area contributed by atoms with Gasteiger partial charge >= 0.3 is 138 Å². The Labute approximate surface area is 612 Å². The number of hydrogen-bond donors (Lipinski definition) is 3. The largest absolute Gasteiger partial charge is 1.00 e. The average Bonchev–Trinajstić information content (AvgIpc) is 3.11. The molecule has 0 aromatic heterocycles. The number of hydrogen-bond acceptors (Lipinski definition) is 15. The number of benzene rings is 8. The molecule has 0 heterocycles. The van der Waals surface area contributed by atoms with Crippen LogP contribution in [-0.4, -0.2) is 40.9 Å². The van der Waals surface area contributed by atoms with Crippen molar-refractivity contribution < 1.29 is 259 Å². The van der Waals surface area contributed by atoms with E-state index in [0.29, 0.717) is 36.4 Å². The van der Waals surface area contributed by atoms with Crippen LogP contribution in [0.4, 0.5) is 74.1 Å². The predicted molar refractivity (Wildman–Crippen MR) is 277 cm³/mol. The van der Waals surface area contributed by atoms with Crippen LogP contribution in [0.1, 0.15) is 22.2 Å². The van der Waals surface area contributed by atoms with Crippen LogP contribution in [0.3, 0.4) is 0 Å². The number of nitrogen functional groups attached to an aromatic ring is 1. The number of aliphatic carboxylic acids is 1. The van der Waals surface area contributed by atoms with Crippen LogP contribution < -0.4 is 163 Å². The first-order chi connectivity index (χ1) is 40.3. The summed E-state index contributed by atoms with van der Waals surface area (Å²) in [5.41, 5.74) is 3.69. The molecule has 0 atom stereocenters. The van der Waals surface area contributed by atoms with Gasteiger partial charge in [-0.25, -0.2) is 65.5 Å². The fraction of sp³-hybridized carbons (Fsp3) is 0.0566. The average molecular weight is 1540 g/mol. The van der Waals surface area contributed by atoms with Crippen molar-refractivity contribution in [1.82, 2.24) is 0 Å². The van der Waals surface area contributed by atoms with Gasteiger partial charge in [0.1, 0.15) is 46.3 Å². The summed E-state index contributed by atoms with van der Waals surface area (Å²) in [5, 5.41) is 44.8. The fourth-order valence-corrected chi connectivity index (χ4v) is 5.91. The van der Waals surface area contributed by atoms with Gasteiger partial charge in [0, 0.05) is 35.4 Å². The number of aromatic hydroxyl groups is 1. The molecule has 0 unspecified atom stereocenters. The number of carboxylic acids is 1. The molecule has 0 radical (unpaired) electrons. The molecule has 0 saturated carbocycles. The minimum Gasteiger partial charge on any atom is -1.00 e. The third-order valence-corrected chi connectivity index (χ3v) is 9.95. The SMILES string of the molecule is CC.CC(=O)O.Nc1cc(F)c(Oc2ccc(F)cc2)c(F)c1.O=CO[O-].O=S(=O)(Cl)c1cc(F)c(Oc2ccc(F)cc2)c(F)c1.O=[N+]([O-])c1cc(F)c(F)c(F)c1.O=[N+]([O-])c1cc(F)c(Oc2ccc(F)cc2)c(F)c1.Oc1ccc(F)cc1.[Cs+].[Cs+].[H-]. The summed E-state index contributed by atoms with van der Waals surface area (Å²) >= 11 is 0. The topological polar surface area (TPSA) is 281 Å². The van der Waals surface area contributed by atoms with Crippen molar-refractivity contribution in [3.63, 3.8) is 0 Å². The van der Waals surface area contributed by atoms with Gasteiger partial charge in [0.25, 0.3) is 32.9 Å². The van der Waals surface area contributed by atoms with Crippen molar-refractivity contribution in [2.75, 3.05) is 5.73 Å². The molecule has 18 nitrogen and oxygen atoms in total. The van der Waals surface area contributed by atoms with Gasteiger partial charge in [-0.05, 0) is 109 Å². The Hall–Kier alpha value is -6.11. The van der Waals surface area contributed by atoms with Crippen LogP contribution in [0.25, 0.3) is 0 Å². The summed E-state index contributed by atoms with van der Waals surface area (Å²) in [6, 6.07) is 23.4. The quantitative estimate of drug-likeness (QED) is 0.0170. The maximum atomic E-state index is 13.6. The fourth-order valence-electron chi connectivity index (χ4n) is 5.15. The summed E-state index contributed by atoms with van der Waals surface area (Å²) < 4.78 is 204. The second kappa shape index (κ2) is 42.8. The van der Waals surface area contributed by atoms with Crippen molar-refractivity contribution >= 4 is 49.2 Å². The van der Waals surface area contributed by atoms with E-state index in [1.165, 1.54) is 60.7 Å². The van der Waals surface area contributed by atoms with Crippen LogP contribution in [-0.2, 0) is 23.5 Å². The van der Waals surface area contributed by atoms with Crippen LogP contribution in [0, 0.1) is 95.9 Å². The van der Waals surface area contributed by atoms with E-state index in [4.69, 9.17) is 55.7 Å². The molecule has 0 aliphatic rings. The van der Waals surface area contributed by atoms with Crippen molar-refractivity contribution in [2.45, 2.75) is 25.7 Å². The Morgan fingerprint density at radius 3 is 0.977 bits per heavy atom. The van der Waals surface area contributed by atoms with E-state index >= 15 is 0 Å². The first kappa shape index (κ1) is 84.0. The zero-order valence-corrected chi connectivity index (χ0v) is 59.4. The van der Waals surface area contributed by atoms with Crippen LogP contribution in [0.2, 0.25) is 0 Å². The molecule has 8 rings (SSSR count). The van der Waals surface area contributed by atoms with E-state index in [2.05, 4.69) is 4.89 Å². The number of ether oxygens (including phenoxy) is 3. The van der Waals surface area contributed by atoms with Gasteiger partial charge in [0.15, 0.2) is 69.6 Å². The maximum Gasteiger partial charge on any atom is 1.00 e. The molecule has 8 aromatic carbocycles. The Balaban J connectivity index is -0.00000101. The van der Waals surface area contributed by atoms with Gasteiger partial charge in [-0.2, -0.15) is 0 Å². The van der Waals surface area contributed by atoms with E-state index < -0.39 is 128 Å². The van der Waals surface area contributed by atoms with E-state index in [9.17, 15) is 85.7 Å². The Kier molecular flexibility index (Phi) is 40.8. The second-order valence-electron chi connectivity index (χ2n) is 14.8. The smallest absolute Gasteiger partial charge is 1.00 e. The first-order valence-electron chi connectivity index (χ1n) is 22.5. The Morgan fingerprint density at radius 2 is 0.750 bits per heavy atom. The number of anilines is 1. The number of rotatable bonds is 10. The number of carbonyl (C=O) groups excluding carboxylic acids is 1. The molecule has 35 heteroatoms. The molecule has 0 saturated heterocycles. The maximum absolute atomic E-state index is 13.6. The predicted octanol–water partition coefficient (Wildman–Crippen LogP) is 8.32. The third kappa shape index (κ3) is 31.9. The minimum atomic E-state index is -4.26. The first-order valence-corrected chi connectivity index (χ1v) is 24.8. The number of nitro groups is 2. The summed E-state index contributed by atoms with van der Waals surface area (Å²) in [6.45, 7) is 4.90. The number of halogens is 14. The minimum absolute atomic E-state index is 0. The van der Waals surface area contributed by atoms with Crippen molar-refractivity contribution in [2.24, 2.45) is 0 Å². The number of carboxylic acid groups (broad SMARTS) is 1. The summed E-state index contributed by atoms with van der Waals surface area (Å²) in [7, 11) is 0.733. The Bertz CT molecular complexity index is 3550. The molecule has 462 valence electrons. The molecule has 88 heavy (non-hydrogen) atoms. The molecule has 0 fully saturated rings. The number of phenolic OH excluding ortho intramolecular Hbond substituents is 1. The third-order valence-electron chi connectivity index (χ3n) is 8.61. The molecule has 0 bridgehead atoms. The van der Waals surface area contributed by atoms with E-state index in [0.717, 1.165) is 55.5 Å². The van der Waals surface area contributed by atoms with Gasteiger partial charge in [-0.1, -0.05) is 13.8 Å². The second-order valence-corrected chi connectivity index (χ2v) is 17.4. The zero-order valence-electron chi connectivity index (χ0n) is 46.3. The number of nitrogens with two attached hydrogens (primary N) is 1. The van der Waals surface area contributed by atoms with Gasteiger partial charge in [0.05, 0.1) is 39.0 Å². The summed E-state index contributed by atoms with van der Waals surface area (Å²) in [4.78, 5) is 38.0. The van der Waals surface area contributed by atoms with E-state index in [-0.39, 0.29) is 180 Å². The monoisotopic (exact) mass is 1540 g/mol.